The van der Waals surface area contributed by atoms with Crippen molar-refractivity contribution in [2.24, 2.45) is 0 Å². The zero-order chi connectivity index (χ0) is 13.1. The molecule has 2 heterocycles. The number of anilines is 1. The van der Waals surface area contributed by atoms with Gasteiger partial charge in [-0.2, -0.15) is 0 Å². The van der Waals surface area contributed by atoms with Crippen LogP contribution in [-0.2, 0) is 0 Å². The lowest BCUT2D eigenvalue weighted by Crippen LogP contribution is -2.05. The van der Waals surface area contributed by atoms with Crippen molar-refractivity contribution in [2.75, 3.05) is 5.32 Å². The fraction of sp³-hybridized carbons (Fsp3) is 0.154. The molecule has 0 amide bonds. The van der Waals surface area contributed by atoms with Crippen LogP contribution < -0.4 is 5.32 Å². The molecule has 1 unspecified atom stereocenters. The zero-order valence-corrected chi connectivity index (χ0v) is 10.4. The molecule has 0 fully saturated rings. The maximum atomic E-state index is 5.36. The highest BCUT2D eigenvalue weighted by Crippen LogP contribution is 2.20. The summed E-state index contributed by atoms with van der Waals surface area (Å²) < 4.78 is 6.97. The molecule has 1 aromatic carbocycles. The molecule has 0 radical (unpaired) electrons. The van der Waals surface area contributed by atoms with E-state index < -0.39 is 0 Å². The van der Waals surface area contributed by atoms with Crippen molar-refractivity contribution >= 4 is 5.69 Å². The molecule has 1 N–H and O–H groups in total. The molecular weight excluding hydrogens is 242 g/mol. The number of hydrogen-bond donors (Lipinski definition) is 1. The second-order valence-electron chi connectivity index (χ2n) is 4.18. The standard InChI is InChI=1S/C13H13N5O/c1-10(13-3-2-8-19-13)15-11-4-6-12(7-5-11)18-9-14-16-17-18/h2-10,15H,1H3. The maximum Gasteiger partial charge on any atom is 0.143 e. The van der Waals surface area contributed by atoms with Crippen molar-refractivity contribution in [3.05, 3.63) is 54.7 Å². The number of nitrogens with zero attached hydrogens (tertiary/aromatic N) is 4. The van der Waals surface area contributed by atoms with Crippen LogP contribution in [-0.4, -0.2) is 20.2 Å². The van der Waals surface area contributed by atoms with Gasteiger partial charge in [-0.1, -0.05) is 0 Å². The molecule has 0 bridgehead atoms. The van der Waals surface area contributed by atoms with Gasteiger partial charge in [-0.15, -0.1) is 5.10 Å². The summed E-state index contributed by atoms with van der Waals surface area (Å²) in [5, 5.41) is 14.4. The molecule has 96 valence electrons. The average molecular weight is 255 g/mol. The molecule has 6 heteroatoms. The molecule has 6 nitrogen and oxygen atoms in total. The zero-order valence-electron chi connectivity index (χ0n) is 10.4. The first-order chi connectivity index (χ1) is 9.33. The first-order valence-corrected chi connectivity index (χ1v) is 5.96. The molecule has 0 aliphatic heterocycles. The molecule has 0 spiro atoms. The Hall–Kier alpha value is -2.63. The van der Waals surface area contributed by atoms with E-state index in [-0.39, 0.29) is 6.04 Å². The molecule has 19 heavy (non-hydrogen) atoms. The van der Waals surface area contributed by atoms with Gasteiger partial charge >= 0.3 is 0 Å². The van der Waals surface area contributed by atoms with Crippen molar-refractivity contribution in [3.63, 3.8) is 0 Å². The summed E-state index contributed by atoms with van der Waals surface area (Å²) in [6, 6.07) is 11.8. The van der Waals surface area contributed by atoms with E-state index in [1.807, 2.05) is 43.3 Å². The highest BCUT2D eigenvalue weighted by atomic mass is 16.3. The molecule has 0 aliphatic rings. The van der Waals surface area contributed by atoms with Crippen LogP contribution in [0.1, 0.15) is 18.7 Å². The molecule has 1 atom stereocenters. The van der Waals surface area contributed by atoms with Crippen LogP contribution in [0.25, 0.3) is 5.69 Å². The third-order valence-corrected chi connectivity index (χ3v) is 2.83. The Labute approximate surface area is 110 Å². The normalized spacial score (nSPS) is 12.3. The first-order valence-electron chi connectivity index (χ1n) is 5.96. The second kappa shape index (κ2) is 4.93. The van der Waals surface area contributed by atoms with Gasteiger partial charge in [0.2, 0.25) is 0 Å². The summed E-state index contributed by atoms with van der Waals surface area (Å²) in [5.74, 6) is 0.907. The maximum absolute atomic E-state index is 5.36. The van der Waals surface area contributed by atoms with Crippen molar-refractivity contribution in [2.45, 2.75) is 13.0 Å². The Bertz CT molecular complexity index is 616. The molecule has 3 rings (SSSR count). The van der Waals surface area contributed by atoms with E-state index in [0.29, 0.717) is 0 Å². The Balaban J connectivity index is 1.73. The van der Waals surface area contributed by atoms with E-state index >= 15 is 0 Å². The smallest absolute Gasteiger partial charge is 0.143 e. The Morgan fingerprint density at radius 1 is 1.21 bits per heavy atom. The number of hydrogen-bond acceptors (Lipinski definition) is 5. The van der Waals surface area contributed by atoms with Gasteiger partial charge in [-0.3, -0.25) is 0 Å². The van der Waals surface area contributed by atoms with Crippen LogP contribution in [0, 0.1) is 0 Å². The van der Waals surface area contributed by atoms with Crippen LogP contribution >= 0.6 is 0 Å². The molecule has 0 aliphatic carbocycles. The van der Waals surface area contributed by atoms with Crippen molar-refractivity contribution in [1.82, 2.24) is 20.2 Å². The van der Waals surface area contributed by atoms with Gasteiger partial charge < -0.3 is 9.73 Å². The quantitative estimate of drug-likeness (QED) is 0.775. The highest BCUT2D eigenvalue weighted by molar-refractivity contribution is 5.49. The lowest BCUT2D eigenvalue weighted by molar-refractivity contribution is 0.490. The number of furan rings is 1. The van der Waals surface area contributed by atoms with E-state index in [2.05, 4.69) is 20.8 Å². The number of nitrogens with one attached hydrogen (secondary N) is 1. The molecule has 3 aromatic rings. The predicted octanol–water partition coefficient (Wildman–Crippen LogP) is 2.43. The monoisotopic (exact) mass is 255 g/mol. The van der Waals surface area contributed by atoms with Gasteiger partial charge in [0.15, 0.2) is 0 Å². The fourth-order valence-electron chi connectivity index (χ4n) is 1.85. The molecular formula is C13H13N5O. The van der Waals surface area contributed by atoms with Crippen molar-refractivity contribution in [3.8, 4) is 5.69 Å². The highest BCUT2D eigenvalue weighted by Gasteiger charge is 2.07. The van der Waals surface area contributed by atoms with Crippen molar-refractivity contribution in [1.29, 1.82) is 0 Å². The Kier molecular flexibility index (Phi) is 2.97. The summed E-state index contributed by atoms with van der Waals surface area (Å²) in [7, 11) is 0. The van der Waals surface area contributed by atoms with Gasteiger partial charge in [0.05, 0.1) is 18.0 Å². The third-order valence-electron chi connectivity index (χ3n) is 2.83. The Morgan fingerprint density at radius 2 is 2.05 bits per heavy atom. The van der Waals surface area contributed by atoms with Gasteiger partial charge in [-0.05, 0) is 53.7 Å². The summed E-state index contributed by atoms with van der Waals surface area (Å²) in [6.07, 6.45) is 3.24. The van der Waals surface area contributed by atoms with Crippen LogP contribution in [0.5, 0.6) is 0 Å². The van der Waals surface area contributed by atoms with Crippen LogP contribution in [0.4, 0.5) is 5.69 Å². The second-order valence-corrected chi connectivity index (χ2v) is 4.18. The summed E-state index contributed by atoms with van der Waals surface area (Å²) in [5.41, 5.74) is 1.93. The third kappa shape index (κ3) is 2.47. The van der Waals surface area contributed by atoms with E-state index in [1.165, 1.54) is 0 Å². The summed E-state index contributed by atoms with van der Waals surface area (Å²) in [6.45, 7) is 2.05. The minimum atomic E-state index is 0.119. The first kappa shape index (κ1) is 11.5. The van der Waals surface area contributed by atoms with E-state index in [9.17, 15) is 0 Å². The average Bonchev–Trinajstić information content (AvgIpc) is 3.13. The summed E-state index contributed by atoms with van der Waals surface area (Å²) >= 11 is 0. The van der Waals surface area contributed by atoms with Gasteiger partial charge in [-0.25, -0.2) is 4.68 Å². The predicted molar refractivity (Wildman–Crippen MR) is 69.9 cm³/mol. The fourth-order valence-corrected chi connectivity index (χ4v) is 1.85. The SMILES string of the molecule is CC(Nc1ccc(-n2cnnn2)cc1)c1ccco1. The van der Waals surface area contributed by atoms with Crippen LogP contribution in [0.15, 0.2) is 53.4 Å². The van der Waals surface area contributed by atoms with E-state index in [0.717, 1.165) is 17.1 Å². The minimum Gasteiger partial charge on any atom is -0.467 e. The molecule has 0 saturated carbocycles. The largest absolute Gasteiger partial charge is 0.467 e. The van der Waals surface area contributed by atoms with Gasteiger partial charge in [0.1, 0.15) is 12.1 Å². The number of benzene rings is 1. The lowest BCUT2D eigenvalue weighted by atomic mass is 10.2. The van der Waals surface area contributed by atoms with E-state index in [1.54, 1.807) is 17.3 Å². The topological polar surface area (TPSA) is 68.8 Å². The minimum absolute atomic E-state index is 0.119. The number of rotatable bonds is 4. The summed E-state index contributed by atoms with van der Waals surface area (Å²) in [4.78, 5) is 0. The number of tetrazole rings is 1. The van der Waals surface area contributed by atoms with E-state index in [4.69, 9.17) is 4.42 Å². The van der Waals surface area contributed by atoms with Gasteiger partial charge in [0.25, 0.3) is 0 Å². The van der Waals surface area contributed by atoms with Crippen LogP contribution in [0.3, 0.4) is 0 Å². The van der Waals surface area contributed by atoms with Gasteiger partial charge in [0, 0.05) is 5.69 Å². The van der Waals surface area contributed by atoms with Crippen molar-refractivity contribution < 1.29 is 4.42 Å². The number of aromatic nitrogens is 4. The van der Waals surface area contributed by atoms with Crippen LogP contribution in [0.2, 0.25) is 0 Å². The molecule has 2 aromatic heterocycles. The molecule has 0 saturated heterocycles. The lowest BCUT2D eigenvalue weighted by Gasteiger charge is -2.13. The Morgan fingerprint density at radius 3 is 2.68 bits per heavy atom.